The van der Waals surface area contributed by atoms with Gasteiger partial charge < -0.3 is 13.7 Å². The van der Waals surface area contributed by atoms with E-state index in [1.165, 1.54) is 59.7 Å². The van der Waals surface area contributed by atoms with Crippen molar-refractivity contribution in [2.24, 2.45) is 0 Å². The molecule has 67 heavy (non-hydrogen) atoms. The Hall–Kier alpha value is -8.18. The van der Waals surface area contributed by atoms with Crippen molar-refractivity contribution >= 4 is 89.8 Å². The van der Waals surface area contributed by atoms with E-state index in [0.717, 1.165) is 66.5 Å². The van der Waals surface area contributed by atoms with Crippen LogP contribution in [-0.2, 0) is 5.41 Å². The highest BCUT2D eigenvalue weighted by atomic mass is 28.3. The van der Waals surface area contributed by atoms with Gasteiger partial charge >= 0.3 is 0 Å². The number of benzene rings is 10. The third-order valence-electron chi connectivity index (χ3n) is 14.9. The first-order valence-corrected chi connectivity index (χ1v) is 25.2. The van der Waals surface area contributed by atoms with Crippen LogP contribution in [0, 0.1) is 0 Å². The van der Waals surface area contributed by atoms with E-state index in [0.29, 0.717) is 0 Å². The first kappa shape index (κ1) is 38.1. The fourth-order valence-electron chi connectivity index (χ4n) is 11.9. The van der Waals surface area contributed by atoms with Gasteiger partial charge in [0.05, 0.1) is 0 Å². The maximum absolute atomic E-state index is 6.76. The molecule has 0 bridgehead atoms. The van der Waals surface area contributed by atoms with Crippen molar-refractivity contribution < 1.29 is 8.83 Å². The maximum Gasteiger partial charge on any atom is 0.180 e. The molecular weight excluding hydrogens is 831 g/mol. The van der Waals surface area contributed by atoms with Crippen LogP contribution in [0.15, 0.2) is 233 Å². The number of para-hydroxylation sites is 1. The Morgan fingerprint density at radius 1 is 0.343 bits per heavy atom. The van der Waals surface area contributed by atoms with E-state index in [2.05, 4.69) is 231 Å². The van der Waals surface area contributed by atoms with Crippen molar-refractivity contribution in [2.45, 2.75) is 19.3 Å². The van der Waals surface area contributed by atoms with Crippen LogP contribution in [-0.4, -0.2) is 8.07 Å². The molecule has 3 nitrogen and oxygen atoms in total. The monoisotopic (exact) mass is 873 g/mol. The molecule has 0 saturated heterocycles. The van der Waals surface area contributed by atoms with Gasteiger partial charge in [-0.2, -0.15) is 0 Å². The molecule has 14 rings (SSSR count). The van der Waals surface area contributed by atoms with Crippen molar-refractivity contribution in [3.8, 4) is 33.4 Å². The predicted molar refractivity (Wildman–Crippen MR) is 281 cm³/mol. The fourth-order valence-corrected chi connectivity index (χ4v) is 17.1. The Labute approximate surface area is 389 Å². The minimum Gasteiger partial charge on any atom is -0.456 e. The van der Waals surface area contributed by atoms with Crippen LogP contribution in [0.3, 0.4) is 0 Å². The minimum absolute atomic E-state index is 0.144. The highest BCUT2D eigenvalue weighted by molar-refractivity contribution is 7.22. The Morgan fingerprint density at radius 2 is 0.896 bits per heavy atom. The van der Waals surface area contributed by atoms with Crippen molar-refractivity contribution in [1.82, 2.24) is 0 Å². The summed E-state index contributed by atoms with van der Waals surface area (Å²) in [7, 11) is -2.63. The summed E-state index contributed by atoms with van der Waals surface area (Å²) in [6.45, 7) is 4.69. The lowest BCUT2D eigenvalue weighted by atomic mass is 9.82. The van der Waals surface area contributed by atoms with Crippen molar-refractivity contribution in [2.75, 3.05) is 4.90 Å². The lowest BCUT2D eigenvalue weighted by molar-refractivity contribution is 0.660. The van der Waals surface area contributed by atoms with Gasteiger partial charge in [0.1, 0.15) is 22.3 Å². The molecule has 2 aromatic heterocycles. The van der Waals surface area contributed by atoms with Crippen LogP contribution in [0.4, 0.5) is 17.1 Å². The van der Waals surface area contributed by atoms with Gasteiger partial charge in [-0.05, 0) is 126 Å². The first-order chi connectivity index (χ1) is 32.9. The lowest BCUT2D eigenvalue weighted by Crippen LogP contribution is -2.72. The molecule has 2 aliphatic rings. The zero-order chi connectivity index (χ0) is 44.4. The van der Waals surface area contributed by atoms with Crippen LogP contribution >= 0.6 is 0 Å². The summed E-state index contributed by atoms with van der Waals surface area (Å²) >= 11 is 0. The zero-order valence-electron chi connectivity index (χ0n) is 37.1. The van der Waals surface area contributed by atoms with Gasteiger partial charge in [0, 0.05) is 50.1 Å². The summed E-state index contributed by atoms with van der Waals surface area (Å²) in [4.78, 5) is 2.37. The Balaban J connectivity index is 0.903. The maximum atomic E-state index is 6.76. The molecule has 0 radical (unpaired) electrons. The number of fused-ring (bicyclic) bond motifs is 12. The van der Waals surface area contributed by atoms with Crippen LogP contribution < -0.4 is 25.6 Å². The van der Waals surface area contributed by atoms with Crippen molar-refractivity contribution in [3.63, 3.8) is 0 Å². The van der Waals surface area contributed by atoms with Gasteiger partial charge in [0.25, 0.3) is 0 Å². The first-order valence-electron chi connectivity index (χ1n) is 23.2. The summed E-state index contributed by atoms with van der Waals surface area (Å²) < 4.78 is 13.2. The van der Waals surface area contributed by atoms with Crippen LogP contribution in [0.25, 0.3) is 77.3 Å². The number of furan rings is 2. The average molecular weight is 874 g/mol. The Morgan fingerprint density at radius 3 is 1.72 bits per heavy atom. The summed E-state index contributed by atoms with van der Waals surface area (Å²) in [5.74, 6) is 0. The molecule has 0 fully saturated rings. The second-order valence-corrected chi connectivity index (χ2v) is 22.5. The summed E-state index contributed by atoms with van der Waals surface area (Å²) in [6.07, 6.45) is 0. The molecule has 3 heterocycles. The normalized spacial score (nSPS) is 14.1. The molecule has 1 aliphatic carbocycles. The van der Waals surface area contributed by atoms with Gasteiger partial charge in [-0.15, -0.1) is 0 Å². The second kappa shape index (κ2) is 14.2. The third-order valence-corrected chi connectivity index (χ3v) is 19.8. The minimum atomic E-state index is -2.63. The topological polar surface area (TPSA) is 29.5 Å². The molecule has 10 aromatic carbocycles. The van der Waals surface area contributed by atoms with E-state index in [1.807, 2.05) is 12.1 Å². The largest absolute Gasteiger partial charge is 0.456 e. The number of hydrogen-bond acceptors (Lipinski definition) is 3. The lowest BCUT2D eigenvalue weighted by Gasteiger charge is -2.31. The van der Waals surface area contributed by atoms with Crippen molar-refractivity contribution in [1.29, 1.82) is 0 Å². The molecule has 0 spiro atoms. The number of nitrogens with zero attached hydrogens (tertiary/aromatic N) is 1. The highest BCUT2D eigenvalue weighted by Crippen LogP contribution is 2.51. The SMILES string of the molecule is CC1(C)c2ccccc2-c2ccc(N(c3ccc4c(c3)oc3ccccc34)c3ccc4oc5cc(-c6cccc([Si]7(c8ccccc8)c8ccccc8-c8ccccc87)c6)ccc5c4c3)cc21. The quantitative estimate of drug-likeness (QED) is 0.156. The smallest absolute Gasteiger partial charge is 0.180 e. The summed E-state index contributed by atoms with van der Waals surface area (Å²) in [5, 5.41) is 10.1. The van der Waals surface area contributed by atoms with E-state index >= 15 is 0 Å². The van der Waals surface area contributed by atoms with Gasteiger partial charge in [-0.3, -0.25) is 0 Å². The summed E-state index contributed by atoms with van der Waals surface area (Å²) in [5.41, 5.74) is 16.8. The van der Waals surface area contributed by atoms with E-state index in [9.17, 15) is 0 Å². The molecule has 0 unspecified atom stereocenters. The summed E-state index contributed by atoms with van der Waals surface area (Å²) in [6, 6.07) is 82.7. The zero-order valence-corrected chi connectivity index (χ0v) is 38.1. The third kappa shape index (κ3) is 5.45. The second-order valence-electron chi connectivity index (χ2n) is 18.8. The van der Waals surface area contributed by atoms with Gasteiger partial charge in [0.2, 0.25) is 0 Å². The molecule has 4 heteroatoms. The Kier molecular flexibility index (Phi) is 8.06. The van der Waals surface area contributed by atoms with Crippen LogP contribution in [0.5, 0.6) is 0 Å². The average Bonchev–Trinajstić information content (AvgIpc) is 4.09. The number of hydrogen-bond donors (Lipinski definition) is 0. The van der Waals surface area contributed by atoms with Crippen LogP contribution in [0.1, 0.15) is 25.0 Å². The molecule has 0 N–H and O–H groups in total. The number of rotatable bonds is 6. The predicted octanol–water partition coefficient (Wildman–Crippen LogP) is 14.3. The number of anilines is 3. The standard InChI is InChI=1S/C63H43NO2Si/c1-63(2)55-23-10-6-19-47(55)48-32-28-43(38-56(48)63)64(44-29-33-50-49-20-7-11-24-57(49)65-60(50)39-44)42-30-34-58-54(37-42)51-31-27-41(36-59(51)66-58)40-15-14-18-46(35-40)67(45-16-4-3-5-17-45)61-25-12-8-21-52(61)53-22-9-13-26-62(53)67/h3-39H,1-2H3. The van der Waals surface area contributed by atoms with E-state index in [-0.39, 0.29) is 5.41 Å². The molecule has 316 valence electrons. The van der Waals surface area contributed by atoms with Crippen LogP contribution in [0.2, 0.25) is 0 Å². The van der Waals surface area contributed by atoms with E-state index < -0.39 is 8.07 Å². The van der Waals surface area contributed by atoms with Crippen molar-refractivity contribution in [3.05, 3.63) is 236 Å². The van der Waals surface area contributed by atoms with Gasteiger partial charge in [-0.25, -0.2) is 0 Å². The molecule has 0 saturated carbocycles. The van der Waals surface area contributed by atoms with Gasteiger partial charge in [0.15, 0.2) is 8.07 Å². The molecule has 1 aliphatic heterocycles. The molecular formula is C63H43NO2Si. The highest BCUT2D eigenvalue weighted by Gasteiger charge is 2.48. The van der Waals surface area contributed by atoms with E-state index in [1.54, 1.807) is 0 Å². The Bertz CT molecular complexity index is 3940. The fraction of sp³-hybridized carbons (Fsp3) is 0.0476. The molecule has 0 amide bonds. The van der Waals surface area contributed by atoms with Gasteiger partial charge in [-0.1, -0.05) is 172 Å². The van der Waals surface area contributed by atoms with E-state index in [4.69, 9.17) is 8.83 Å². The molecule has 0 atom stereocenters. The molecule has 12 aromatic rings.